The lowest BCUT2D eigenvalue weighted by Crippen LogP contribution is -2.48. The quantitative estimate of drug-likeness (QED) is 0.784. The minimum Gasteiger partial charge on any atom is -0.333 e. The molecule has 2 aromatic rings. The standard InChI is InChI=1S/C20H21ClN2O2.ClH/c21-17-8-4-7-16(13-17)18-14-22-11-12-23(18)20(25)10-9-19(24)15-5-2-1-3-6-15;/h1-8,13,18,22H,9-12,14H2;1H. The highest BCUT2D eigenvalue weighted by molar-refractivity contribution is 6.30. The van der Waals surface area contributed by atoms with Gasteiger partial charge in [0.1, 0.15) is 0 Å². The molecule has 1 saturated heterocycles. The predicted octanol–water partition coefficient (Wildman–Crippen LogP) is 3.90. The Kier molecular flexibility index (Phi) is 7.64. The first-order chi connectivity index (χ1) is 12.1. The number of Topliss-reactive ketones (excluding diaryl/α,β-unsaturated/α-hetero) is 1. The van der Waals surface area contributed by atoms with E-state index < -0.39 is 0 Å². The fraction of sp³-hybridized carbons (Fsp3) is 0.300. The molecule has 1 N–H and O–H groups in total. The van der Waals surface area contributed by atoms with Gasteiger partial charge in [-0.1, -0.05) is 54.1 Å². The van der Waals surface area contributed by atoms with E-state index in [9.17, 15) is 9.59 Å². The first-order valence-corrected chi connectivity index (χ1v) is 8.87. The highest BCUT2D eigenvalue weighted by Gasteiger charge is 2.28. The van der Waals surface area contributed by atoms with Gasteiger partial charge >= 0.3 is 0 Å². The van der Waals surface area contributed by atoms with Crippen molar-refractivity contribution in [3.05, 3.63) is 70.7 Å². The molecule has 4 nitrogen and oxygen atoms in total. The van der Waals surface area contributed by atoms with E-state index in [-0.39, 0.29) is 43.0 Å². The molecule has 1 fully saturated rings. The van der Waals surface area contributed by atoms with Crippen molar-refractivity contribution in [2.75, 3.05) is 19.6 Å². The van der Waals surface area contributed by atoms with Crippen molar-refractivity contribution >= 4 is 35.7 Å². The summed E-state index contributed by atoms with van der Waals surface area (Å²) in [6.07, 6.45) is 0.458. The predicted molar refractivity (Wildman–Crippen MR) is 106 cm³/mol. The Bertz CT molecular complexity index is 752. The highest BCUT2D eigenvalue weighted by Crippen LogP contribution is 2.25. The number of ketones is 1. The van der Waals surface area contributed by atoms with Crippen molar-refractivity contribution in [2.45, 2.75) is 18.9 Å². The molecule has 138 valence electrons. The van der Waals surface area contributed by atoms with E-state index >= 15 is 0 Å². The summed E-state index contributed by atoms with van der Waals surface area (Å²) < 4.78 is 0. The maximum absolute atomic E-state index is 12.7. The third-order valence-electron chi connectivity index (χ3n) is 4.46. The molecule has 6 heteroatoms. The Morgan fingerprint density at radius 2 is 1.85 bits per heavy atom. The molecule has 1 amide bonds. The van der Waals surface area contributed by atoms with Crippen LogP contribution in [0.5, 0.6) is 0 Å². The molecule has 1 unspecified atom stereocenters. The number of nitrogens with one attached hydrogen (secondary N) is 1. The van der Waals surface area contributed by atoms with Gasteiger partial charge in [0.05, 0.1) is 6.04 Å². The molecule has 0 spiro atoms. The molecule has 0 aromatic heterocycles. The van der Waals surface area contributed by atoms with E-state index in [4.69, 9.17) is 11.6 Å². The number of hydrogen-bond donors (Lipinski definition) is 1. The summed E-state index contributed by atoms with van der Waals surface area (Å²) in [5.74, 6) is 0.0131. The van der Waals surface area contributed by atoms with Crippen LogP contribution < -0.4 is 5.32 Å². The number of carbonyl (C=O) groups excluding carboxylic acids is 2. The molecular weight excluding hydrogens is 371 g/mol. The zero-order valence-electron chi connectivity index (χ0n) is 14.4. The fourth-order valence-electron chi connectivity index (χ4n) is 3.15. The Morgan fingerprint density at radius 3 is 2.58 bits per heavy atom. The number of carbonyl (C=O) groups is 2. The van der Waals surface area contributed by atoms with Gasteiger partial charge in [0.15, 0.2) is 5.78 Å². The zero-order chi connectivity index (χ0) is 17.6. The average Bonchev–Trinajstić information content (AvgIpc) is 2.66. The maximum atomic E-state index is 12.7. The number of hydrogen-bond acceptors (Lipinski definition) is 3. The molecule has 0 bridgehead atoms. The normalized spacial score (nSPS) is 16.7. The Labute approximate surface area is 164 Å². The summed E-state index contributed by atoms with van der Waals surface area (Å²) in [4.78, 5) is 26.8. The molecule has 26 heavy (non-hydrogen) atoms. The SMILES string of the molecule is Cl.O=C(CCC(=O)N1CCNCC1c1cccc(Cl)c1)c1ccccc1. The Balaban J connectivity index is 0.00000243. The highest BCUT2D eigenvalue weighted by atomic mass is 35.5. The third-order valence-corrected chi connectivity index (χ3v) is 4.69. The minimum absolute atomic E-state index is 0. The second-order valence-electron chi connectivity index (χ2n) is 6.15. The van der Waals surface area contributed by atoms with Gasteiger partial charge in [-0.15, -0.1) is 12.4 Å². The monoisotopic (exact) mass is 392 g/mol. The van der Waals surface area contributed by atoms with Crippen molar-refractivity contribution in [3.63, 3.8) is 0 Å². The number of amides is 1. The third kappa shape index (κ3) is 5.07. The molecule has 2 aromatic carbocycles. The first-order valence-electron chi connectivity index (χ1n) is 8.49. The van der Waals surface area contributed by atoms with Gasteiger partial charge in [-0.3, -0.25) is 9.59 Å². The van der Waals surface area contributed by atoms with Crippen LogP contribution >= 0.6 is 24.0 Å². The zero-order valence-corrected chi connectivity index (χ0v) is 15.9. The van der Waals surface area contributed by atoms with Gasteiger partial charge in [-0.25, -0.2) is 0 Å². The fourth-order valence-corrected chi connectivity index (χ4v) is 3.35. The first kappa shape index (κ1) is 20.4. The van der Waals surface area contributed by atoms with Crippen LogP contribution in [0.2, 0.25) is 5.02 Å². The van der Waals surface area contributed by atoms with Crippen LogP contribution in [0.3, 0.4) is 0 Å². The minimum atomic E-state index is -0.0493. The number of rotatable bonds is 5. The summed E-state index contributed by atoms with van der Waals surface area (Å²) in [6.45, 7) is 2.09. The van der Waals surface area contributed by atoms with Gasteiger partial charge in [0.2, 0.25) is 5.91 Å². The van der Waals surface area contributed by atoms with E-state index in [1.807, 2.05) is 47.4 Å². The van der Waals surface area contributed by atoms with E-state index in [0.717, 1.165) is 12.1 Å². The molecule has 0 radical (unpaired) electrons. The number of piperazine rings is 1. The Morgan fingerprint density at radius 1 is 1.08 bits per heavy atom. The molecule has 1 atom stereocenters. The molecule has 3 rings (SSSR count). The van der Waals surface area contributed by atoms with Crippen LogP contribution in [0.15, 0.2) is 54.6 Å². The van der Waals surface area contributed by atoms with E-state index in [0.29, 0.717) is 23.7 Å². The maximum Gasteiger partial charge on any atom is 0.223 e. The Hall–Kier alpha value is -1.88. The second kappa shape index (κ2) is 9.72. The van der Waals surface area contributed by atoms with Crippen LogP contribution in [0, 0.1) is 0 Å². The molecule has 1 heterocycles. The van der Waals surface area contributed by atoms with Gasteiger partial charge < -0.3 is 10.2 Å². The van der Waals surface area contributed by atoms with Gasteiger partial charge in [-0.2, -0.15) is 0 Å². The number of nitrogens with zero attached hydrogens (tertiary/aromatic N) is 1. The summed E-state index contributed by atoms with van der Waals surface area (Å²) in [7, 11) is 0. The summed E-state index contributed by atoms with van der Waals surface area (Å²) in [6, 6.07) is 16.7. The molecule has 0 aliphatic carbocycles. The summed E-state index contributed by atoms with van der Waals surface area (Å²) in [5.41, 5.74) is 1.67. The molecule has 0 saturated carbocycles. The molecular formula is C20H22Cl2N2O2. The average molecular weight is 393 g/mol. The van der Waals surface area contributed by atoms with Crippen LogP contribution in [0.25, 0.3) is 0 Å². The van der Waals surface area contributed by atoms with Crippen LogP contribution in [-0.2, 0) is 4.79 Å². The molecule has 1 aliphatic rings. The number of benzene rings is 2. The van der Waals surface area contributed by atoms with Crippen molar-refractivity contribution in [1.29, 1.82) is 0 Å². The van der Waals surface area contributed by atoms with Crippen LogP contribution in [0.4, 0.5) is 0 Å². The smallest absolute Gasteiger partial charge is 0.223 e. The molecule has 1 aliphatic heterocycles. The van der Waals surface area contributed by atoms with E-state index in [1.54, 1.807) is 12.1 Å². The van der Waals surface area contributed by atoms with Crippen LogP contribution in [-0.4, -0.2) is 36.2 Å². The van der Waals surface area contributed by atoms with Crippen molar-refractivity contribution < 1.29 is 9.59 Å². The lowest BCUT2D eigenvalue weighted by Gasteiger charge is -2.36. The van der Waals surface area contributed by atoms with Gasteiger partial charge in [0.25, 0.3) is 0 Å². The van der Waals surface area contributed by atoms with Crippen molar-refractivity contribution in [1.82, 2.24) is 10.2 Å². The van der Waals surface area contributed by atoms with Crippen molar-refractivity contribution in [3.8, 4) is 0 Å². The topological polar surface area (TPSA) is 49.4 Å². The van der Waals surface area contributed by atoms with Gasteiger partial charge in [-0.05, 0) is 17.7 Å². The van der Waals surface area contributed by atoms with E-state index in [1.165, 1.54) is 0 Å². The van der Waals surface area contributed by atoms with E-state index in [2.05, 4.69) is 5.32 Å². The lowest BCUT2D eigenvalue weighted by atomic mass is 10.0. The summed E-state index contributed by atoms with van der Waals surface area (Å²) in [5, 5.41) is 3.99. The van der Waals surface area contributed by atoms with Crippen LogP contribution in [0.1, 0.15) is 34.8 Å². The lowest BCUT2D eigenvalue weighted by molar-refractivity contribution is -0.134. The second-order valence-corrected chi connectivity index (χ2v) is 6.59. The number of halogens is 2. The summed E-state index contributed by atoms with van der Waals surface area (Å²) >= 11 is 6.09. The largest absolute Gasteiger partial charge is 0.333 e. The van der Waals surface area contributed by atoms with Crippen molar-refractivity contribution in [2.24, 2.45) is 0 Å². The van der Waals surface area contributed by atoms with Gasteiger partial charge in [0, 0.05) is 43.1 Å².